The van der Waals surface area contributed by atoms with E-state index in [2.05, 4.69) is 39.3 Å². The van der Waals surface area contributed by atoms with E-state index in [1.807, 2.05) is 23.6 Å². The molecular formula is C18H21N5. The smallest absolute Gasteiger partial charge is 0.233 e. The van der Waals surface area contributed by atoms with Gasteiger partial charge in [0.05, 0.1) is 17.4 Å². The van der Waals surface area contributed by atoms with Gasteiger partial charge in [0.25, 0.3) is 0 Å². The summed E-state index contributed by atoms with van der Waals surface area (Å²) in [5, 5.41) is 0. The lowest BCUT2D eigenvalue weighted by atomic mass is 9.99. The molecule has 0 saturated carbocycles. The molecule has 1 atom stereocenters. The van der Waals surface area contributed by atoms with Crippen LogP contribution in [0.5, 0.6) is 0 Å². The standard InChI is InChI=1S/C18H21N5/c1-14-5-4-6-15(20-14)13-23-10-3-2-7-17(23)16-8-11-22-12-9-19-18(22)21-16/h4-6,8-9,11-12,17H,2-3,7,10,13H2,1H3/t17-/m0/s1. The number of fused-ring (bicyclic) bond motifs is 1. The summed E-state index contributed by atoms with van der Waals surface area (Å²) in [5.74, 6) is 0.779. The van der Waals surface area contributed by atoms with Crippen LogP contribution in [0.4, 0.5) is 0 Å². The van der Waals surface area contributed by atoms with E-state index < -0.39 is 0 Å². The highest BCUT2D eigenvalue weighted by atomic mass is 15.2. The van der Waals surface area contributed by atoms with Crippen molar-refractivity contribution < 1.29 is 0 Å². The van der Waals surface area contributed by atoms with Crippen molar-refractivity contribution in [2.75, 3.05) is 6.54 Å². The van der Waals surface area contributed by atoms with E-state index in [4.69, 9.17) is 4.98 Å². The highest BCUT2D eigenvalue weighted by Gasteiger charge is 2.25. The van der Waals surface area contributed by atoms with Crippen LogP contribution in [0.2, 0.25) is 0 Å². The SMILES string of the molecule is Cc1cccc(CN2CCCC[C@H]2c2ccn3ccnc3n2)n1. The quantitative estimate of drug-likeness (QED) is 0.745. The highest BCUT2D eigenvalue weighted by Crippen LogP contribution is 2.31. The summed E-state index contributed by atoms with van der Waals surface area (Å²) in [6, 6.07) is 8.73. The molecule has 0 amide bonds. The van der Waals surface area contributed by atoms with Gasteiger partial charge in [-0.05, 0) is 44.5 Å². The van der Waals surface area contributed by atoms with Crippen LogP contribution in [-0.2, 0) is 6.54 Å². The molecule has 0 N–H and O–H groups in total. The number of hydrogen-bond acceptors (Lipinski definition) is 4. The monoisotopic (exact) mass is 307 g/mol. The van der Waals surface area contributed by atoms with Crippen molar-refractivity contribution in [2.45, 2.75) is 38.8 Å². The zero-order valence-corrected chi connectivity index (χ0v) is 13.4. The Labute approximate surface area is 136 Å². The van der Waals surface area contributed by atoms with E-state index in [9.17, 15) is 0 Å². The maximum absolute atomic E-state index is 4.76. The summed E-state index contributed by atoms with van der Waals surface area (Å²) in [7, 11) is 0. The Morgan fingerprint density at radius 2 is 2.09 bits per heavy atom. The summed E-state index contributed by atoms with van der Waals surface area (Å²) in [4.78, 5) is 16.2. The summed E-state index contributed by atoms with van der Waals surface area (Å²) in [6.07, 6.45) is 9.43. The van der Waals surface area contributed by atoms with Crippen molar-refractivity contribution >= 4 is 5.78 Å². The third kappa shape index (κ3) is 2.97. The van der Waals surface area contributed by atoms with Gasteiger partial charge < -0.3 is 0 Å². The van der Waals surface area contributed by atoms with Crippen LogP contribution in [0.25, 0.3) is 5.78 Å². The molecule has 3 aromatic heterocycles. The molecule has 1 saturated heterocycles. The van der Waals surface area contributed by atoms with Gasteiger partial charge in [0, 0.05) is 30.8 Å². The van der Waals surface area contributed by atoms with Gasteiger partial charge in [-0.2, -0.15) is 0 Å². The molecular weight excluding hydrogens is 286 g/mol. The van der Waals surface area contributed by atoms with E-state index in [0.29, 0.717) is 6.04 Å². The van der Waals surface area contributed by atoms with Gasteiger partial charge in [0.15, 0.2) is 0 Å². The molecule has 0 aromatic carbocycles. The molecule has 118 valence electrons. The van der Waals surface area contributed by atoms with Crippen LogP contribution >= 0.6 is 0 Å². The highest BCUT2D eigenvalue weighted by molar-refractivity contribution is 5.30. The third-order valence-electron chi connectivity index (χ3n) is 4.55. The van der Waals surface area contributed by atoms with Crippen LogP contribution in [0.15, 0.2) is 42.9 Å². The van der Waals surface area contributed by atoms with E-state index >= 15 is 0 Å². The normalized spacial score (nSPS) is 19.3. The Bertz CT molecular complexity index is 810. The minimum absolute atomic E-state index is 0.354. The number of imidazole rings is 1. The first-order valence-corrected chi connectivity index (χ1v) is 8.26. The van der Waals surface area contributed by atoms with Crippen LogP contribution in [0.1, 0.15) is 42.4 Å². The Kier molecular flexibility index (Phi) is 3.79. The molecule has 0 radical (unpaired) electrons. The van der Waals surface area contributed by atoms with Crippen LogP contribution in [0.3, 0.4) is 0 Å². The molecule has 4 heterocycles. The molecule has 0 spiro atoms. The maximum atomic E-state index is 4.76. The summed E-state index contributed by atoms with van der Waals surface area (Å²) >= 11 is 0. The van der Waals surface area contributed by atoms with E-state index in [1.54, 1.807) is 6.20 Å². The van der Waals surface area contributed by atoms with Gasteiger partial charge >= 0.3 is 0 Å². The molecule has 1 aliphatic heterocycles. The molecule has 3 aromatic rings. The third-order valence-corrected chi connectivity index (χ3v) is 4.55. The molecule has 0 unspecified atom stereocenters. The second kappa shape index (κ2) is 6.08. The van der Waals surface area contributed by atoms with Gasteiger partial charge in [-0.15, -0.1) is 0 Å². The number of piperidine rings is 1. The fourth-order valence-electron chi connectivity index (χ4n) is 3.41. The predicted molar refractivity (Wildman–Crippen MR) is 89.0 cm³/mol. The number of rotatable bonds is 3. The van der Waals surface area contributed by atoms with Crippen LogP contribution in [-0.4, -0.2) is 30.8 Å². The van der Waals surface area contributed by atoms with E-state index in [0.717, 1.165) is 42.4 Å². The number of nitrogens with zero attached hydrogens (tertiary/aromatic N) is 5. The van der Waals surface area contributed by atoms with E-state index in [-0.39, 0.29) is 0 Å². The number of pyridine rings is 1. The predicted octanol–water partition coefficient (Wildman–Crippen LogP) is 3.16. The Morgan fingerprint density at radius 3 is 3.00 bits per heavy atom. The minimum Gasteiger partial charge on any atom is -0.291 e. The molecule has 0 bridgehead atoms. The van der Waals surface area contributed by atoms with Crippen molar-refractivity contribution in [3.8, 4) is 0 Å². The fraction of sp³-hybridized carbons (Fsp3) is 0.389. The van der Waals surface area contributed by atoms with Crippen LogP contribution in [0, 0.1) is 6.92 Å². The van der Waals surface area contributed by atoms with Crippen molar-refractivity contribution in [1.82, 2.24) is 24.3 Å². The first-order chi connectivity index (χ1) is 11.3. The van der Waals surface area contributed by atoms with Gasteiger partial charge in [-0.25, -0.2) is 9.97 Å². The Morgan fingerprint density at radius 1 is 1.13 bits per heavy atom. The number of aryl methyl sites for hydroxylation is 1. The van der Waals surface area contributed by atoms with Crippen LogP contribution < -0.4 is 0 Å². The van der Waals surface area contributed by atoms with Crippen molar-refractivity contribution in [3.05, 3.63) is 59.9 Å². The summed E-state index contributed by atoms with van der Waals surface area (Å²) in [5.41, 5.74) is 3.34. The number of aromatic nitrogens is 4. The molecule has 23 heavy (non-hydrogen) atoms. The minimum atomic E-state index is 0.354. The number of likely N-dealkylation sites (tertiary alicyclic amines) is 1. The fourth-order valence-corrected chi connectivity index (χ4v) is 3.41. The average Bonchev–Trinajstić information content (AvgIpc) is 3.03. The molecule has 5 nitrogen and oxygen atoms in total. The van der Waals surface area contributed by atoms with Gasteiger partial charge in [0.2, 0.25) is 5.78 Å². The van der Waals surface area contributed by atoms with Gasteiger partial charge in [-0.3, -0.25) is 14.3 Å². The zero-order valence-electron chi connectivity index (χ0n) is 13.4. The summed E-state index contributed by atoms with van der Waals surface area (Å²) < 4.78 is 1.96. The first-order valence-electron chi connectivity index (χ1n) is 8.26. The number of hydrogen-bond donors (Lipinski definition) is 0. The molecule has 1 fully saturated rings. The van der Waals surface area contributed by atoms with Crippen molar-refractivity contribution in [2.24, 2.45) is 0 Å². The summed E-state index contributed by atoms with van der Waals surface area (Å²) in [6.45, 7) is 4.03. The first kappa shape index (κ1) is 14.3. The molecule has 0 aliphatic carbocycles. The lowest BCUT2D eigenvalue weighted by Gasteiger charge is -2.35. The van der Waals surface area contributed by atoms with Gasteiger partial charge in [-0.1, -0.05) is 12.5 Å². The molecule has 4 rings (SSSR count). The van der Waals surface area contributed by atoms with Crippen molar-refractivity contribution in [3.63, 3.8) is 0 Å². The topological polar surface area (TPSA) is 46.3 Å². The van der Waals surface area contributed by atoms with Gasteiger partial charge in [0.1, 0.15) is 0 Å². The second-order valence-corrected chi connectivity index (χ2v) is 6.24. The Balaban J connectivity index is 1.61. The average molecular weight is 307 g/mol. The van der Waals surface area contributed by atoms with Crippen molar-refractivity contribution in [1.29, 1.82) is 0 Å². The largest absolute Gasteiger partial charge is 0.291 e. The second-order valence-electron chi connectivity index (χ2n) is 6.24. The maximum Gasteiger partial charge on any atom is 0.233 e. The lowest BCUT2D eigenvalue weighted by molar-refractivity contribution is 0.135. The zero-order chi connectivity index (χ0) is 15.6. The Hall–Kier alpha value is -2.27. The lowest BCUT2D eigenvalue weighted by Crippen LogP contribution is -2.33. The van der Waals surface area contributed by atoms with E-state index in [1.165, 1.54) is 12.8 Å². The molecule has 1 aliphatic rings. The molecule has 5 heteroatoms.